The van der Waals surface area contributed by atoms with Crippen LogP contribution in [0.2, 0.25) is 0 Å². The minimum absolute atomic E-state index is 0.0143. The van der Waals surface area contributed by atoms with Gasteiger partial charge in [0.25, 0.3) is 9.84 Å². The summed E-state index contributed by atoms with van der Waals surface area (Å²) in [6, 6.07) is 12.4. The van der Waals surface area contributed by atoms with Gasteiger partial charge in [-0.2, -0.15) is 13.2 Å². The van der Waals surface area contributed by atoms with E-state index in [9.17, 15) is 30.0 Å². The average molecular weight is 638 g/mol. The monoisotopic (exact) mass is 637 g/mol. The molecule has 0 radical (unpaired) electrons. The molecule has 0 saturated carbocycles. The Balaban J connectivity index is 1.91. The van der Waals surface area contributed by atoms with E-state index in [1.165, 1.54) is 0 Å². The lowest BCUT2D eigenvalue weighted by atomic mass is 9.97. The van der Waals surface area contributed by atoms with Crippen molar-refractivity contribution < 1.29 is 34.7 Å². The van der Waals surface area contributed by atoms with Crippen molar-refractivity contribution in [2.75, 3.05) is 51.7 Å². The first-order valence-corrected chi connectivity index (χ1v) is 17.5. The summed E-state index contributed by atoms with van der Waals surface area (Å²) in [5.41, 5.74) is -5.69. The Bertz CT molecular complexity index is 1340. The molecule has 1 fully saturated rings. The van der Waals surface area contributed by atoms with Crippen molar-refractivity contribution in [3.05, 3.63) is 54.1 Å². The number of alkyl halides is 3. The SMILES string of the molecule is CCN(CC)C[C@@H]1COCCN1CC[C@H](CSc1ccccc1)Cc1ccc(S(N)(=O)=O)cc1S(=O)(=O)C(F)(F)F. The number of rotatable bonds is 14. The van der Waals surface area contributed by atoms with E-state index in [0.29, 0.717) is 38.0 Å². The molecule has 1 aliphatic heterocycles. The maximum atomic E-state index is 13.6. The van der Waals surface area contributed by atoms with E-state index in [1.54, 1.807) is 11.8 Å². The summed E-state index contributed by atoms with van der Waals surface area (Å²) >= 11 is 1.54. The van der Waals surface area contributed by atoms with Gasteiger partial charge < -0.3 is 9.64 Å². The molecule has 0 unspecified atom stereocenters. The quantitative estimate of drug-likeness (QED) is 0.310. The number of likely N-dealkylation sites (N-methyl/N-ethyl adjacent to an activating group) is 1. The van der Waals surface area contributed by atoms with Crippen LogP contribution in [0.1, 0.15) is 25.8 Å². The highest BCUT2D eigenvalue weighted by Gasteiger charge is 2.48. The molecule has 0 bridgehead atoms. The lowest BCUT2D eigenvalue weighted by molar-refractivity contribution is -0.0436. The lowest BCUT2D eigenvalue weighted by Crippen LogP contribution is -2.51. The van der Waals surface area contributed by atoms with E-state index < -0.39 is 35.2 Å². The number of sulfonamides is 1. The zero-order valence-corrected chi connectivity index (χ0v) is 25.7. The Hall–Kier alpha value is -1.68. The minimum atomic E-state index is -5.83. The van der Waals surface area contributed by atoms with Crippen LogP contribution in [-0.4, -0.2) is 89.9 Å². The molecule has 0 aliphatic carbocycles. The molecule has 8 nitrogen and oxygen atoms in total. The van der Waals surface area contributed by atoms with Crippen molar-refractivity contribution in [1.82, 2.24) is 9.80 Å². The highest BCUT2D eigenvalue weighted by atomic mass is 32.2. The van der Waals surface area contributed by atoms with Crippen LogP contribution >= 0.6 is 11.8 Å². The predicted octanol–water partition coefficient (Wildman–Crippen LogP) is 4.01. The Morgan fingerprint density at radius 2 is 1.78 bits per heavy atom. The molecule has 1 aliphatic rings. The second-order valence-corrected chi connectivity index (χ2v) is 14.6. The molecule has 2 atom stereocenters. The molecule has 0 spiro atoms. The third kappa shape index (κ3) is 9.40. The van der Waals surface area contributed by atoms with Gasteiger partial charge in [-0.1, -0.05) is 38.1 Å². The van der Waals surface area contributed by atoms with Gasteiger partial charge >= 0.3 is 5.51 Å². The van der Waals surface area contributed by atoms with Crippen LogP contribution in [-0.2, 0) is 31.0 Å². The van der Waals surface area contributed by atoms with Gasteiger partial charge in [0.2, 0.25) is 10.0 Å². The fraction of sp³-hybridized carbons (Fsp3) is 0.556. The highest BCUT2D eigenvalue weighted by Crippen LogP contribution is 2.35. The van der Waals surface area contributed by atoms with Crippen molar-refractivity contribution in [2.45, 2.75) is 52.9 Å². The summed E-state index contributed by atoms with van der Waals surface area (Å²) in [7, 11) is -10.3. The second-order valence-electron chi connectivity index (χ2n) is 10.00. The summed E-state index contributed by atoms with van der Waals surface area (Å²) in [6.45, 7) is 9.39. The molecule has 0 amide bonds. The Morgan fingerprint density at radius 3 is 2.39 bits per heavy atom. The molecule has 0 aromatic heterocycles. The van der Waals surface area contributed by atoms with Crippen LogP contribution in [0.5, 0.6) is 0 Å². The molecule has 230 valence electrons. The van der Waals surface area contributed by atoms with Crippen molar-refractivity contribution in [3.63, 3.8) is 0 Å². The first-order chi connectivity index (χ1) is 19.3. The smallest absolute Gasteiger partial charge is 0.378 e. The highest BCUT2D eigenvalue weighted by molar-refractivity contribution is 7.99. The Labute approximate surface area is 245 Å². The van der Waals surface area contributed by atoms with Gasteiger partial charge in [-0.05, 0) is 68.2 Å². The largest absolute Gasteiger partial charge is 0.501 e. The zero-order valence-electron chi connectivity index (χ0n) is 23.2. The van der Waals surface area contributed by atoms with Crippen molar-refractivity contribution in [2.24, 2.45) is 11.1 Å². The number of primary sulfonamides is 1. The zero-order chi connectivity index (χ0) is 30.3. The Morgan fingerprint density at radius 1 is 1.10 bits per heavy atom. The third-order valence-electron chi connectivity index (χ3n) is 7.24. The van der Waals surface area contributed by atoms with Crippen LogP contribution in [0.15, 0.2) is 63.2 Å². The first kappa shape index (κ1) is 33.8. The fourth-order valence-corrected chi connectivity index (χ4v) is 7.53. The van der Waals surface area contributed by atoms with Gasteiger partial charge in [0, 0.05) is 29.8 Å². The molecule has 3 rings (SSSR count). The first-order valence-electron chi connectivity index (χ1n) is 13.4. The molecular formula is C27H38F3N3O5S3. The number of nitrogens with zero attached hydrogens (tertiary/aromatic N) is 2. The van der Waals surface area contributed by atoms with E-state index >= 15 is 0 Å². The van der Waals surface area contributed by atoms with E-state index in [1.807, 2.05) is 30.3 Å². The van der Waals surface area contributed by atoms with Gasteiger partial charge in [0.05, 0.1) is 23.0 Å². The Kier molecular flexibility index (Phi) is 12.1. The molecule has 2 aromatic rings. The van der Waals surface area contributed by atoms with Crippen LogP contribution in [0.25, 0.3) is 0 Å². The molecule has 1 saturated heterocycles. The summed E-state index contributed by atoms with van der Waals surface area (Å²) in [5, 5.41) is 5.11. The van der Waals surface area contributed by atoms with Crippen molar-refractivity contribution >= 4 is 31.6 Å². The van der Waals surface area contributed by atoms with E-state index in [4.69, 9.17) is 9.88 Å². The summed E-state index contributed by atoms with van der Waals surface area (Å²) < 4.78 is 95.4. The van der Waals surface area contributed by atoms with Gasteiger partial charge in [-0.3, -0.25) is 4.90 Å². The molecule has 14 heteroatoms. The molecule has 41 heavy (non-hydrogen) atoms. The molecule has 2 N–H and O–H groups in total. The van der Waals surface area contributed by atoms with E-state index in [0.717, 1.165) is 43.2 Å². The number of morpholine rings is 1. The number of hydrogen-bond acceptors (Lipinski definition) is 8. The maximum Gasteiger partial charge on any atom is 0.501 e. The second kappa shape index (κ2) is 14.7. The normalized spacial score (nSPS) is 18.1. The third-order valence-corrected chi connectivity index (χ3v) is 11.0. The standard InChI is InChI=1S/C27H38F3N3O5S3/c1-3-32(4-2)18-23-19-38-15-14-33(23)13-12-21(20-39-24-8-6-5-7-9-24)16-22-10-11-25(41(31,36)37)17-26(22)40(34,35)27(28,29)30/h5-11,17,21,23H,3-4,12-16,18-20H2,1-2H3,(H2,31,36,37)/t21-,23+/m0/s1. The van der Waals surface area contributed by atoms with Crippen molar-refractivity contribution in [1.29, 1.82) is 0 Å². The van der Waals surface area contributed by atoms with E-state index in [-0.39, 0.29) is 23.9 Å². The number of benzene rings is 2. The summed E-state index contributed by atoms with van der Waals surface area (Å²) in [4.78, 5) is 3.87. The van der Waals surface area contributed by atoms with Crippen LogP contribution < -0.4 is 5.14 Å². The van der Waals surface area contributed by atoms with Gasteiger partial charge in [-0.15, -0.1) is 11.8 Å². The number of hydrogen-bond donors (Lipinski definition) is 1. The number of thioether (sulfide) groups is 1. The molecule has 1 heterocycles. The summed E-state index contributed by atoms with van der Waals surface area (Å²) in [6.07, 6.45) is 0.609. The van der Waals surface area contributed by atoms with Crippen molar-refractivity contribution in [3.8, 4) is 0 Å². The fourth-order valence-electron chi connectivity index (χ4n) is 4.82. The van der Waals surface area contributed by atoms with Crippen LogP contribution in [0.4, 0.5) is 13.2 Å². The molecular weight excluding hydrogens is 600 g/mol. The molecule has 2 aromatic carbocycles. The topological polar surface area (TPSA) is 110 Å². The summed E-state index contributed by atoms with van der Waals surface area (Å²) in [5.74, 6) is 0.317. The van der Waals surface area contributed by atoms with E-state index in [2.05, 4.69) is 23.6 Å². The van der Waals surface area contributed by atoms with Crippen LogP contribution in [0.3, 0.4) is 0 Å². The van der Waals surface area contributed by atoms with Crippen LogP contribution in [0, 0.1) is 5.92 Å². The maximum absolute atomic E-state index is 13.6. The van der Waals surface area contributed by atoms with Gasteiger partial charge in [0.1, 0.15) is 0 Å². The van der Waals surface area contributed by atoms with Gasteiger partial charge in [-0.25, -0.2) is 22.0 Å². The predicted molar refractivity (Wildman–Crippen MR) is 154 cm³/mol. The minimum Gasteiger partial charge on any atom is -0.378 e. The number of nitrogens with two attached hydrogens (primary N) is 1. The number of sulfone groups is 1. The number of halogens is 3. The number of ether oxygens (including phenoxy) is 1. The average Bonchev–Trinajstić information content (AvgIpc) is 2.93. The lowest BCUT2D eigenvalue weighted by Gasteiger charge is -2.38. The van der Waals surface area contributed by atoms with Gasteiger partial charge in [0.15, 0.2) is 0 Å².